The molecule has 0 aliphatic rings. The Morgan fingerprint density at radius 2 is 1.29 bits per heavy atom. The summed E-state index contributed by atoms with van der Waals surface area (Å²) in [6.45, 7) is 1.14. The number of hydrogen-bond donors (Lipinski definition) is 0. The van der Waals surface area contributed by atoms with Crippen LogP contribution in [-0.4, -0.2) is 16.8 Å². The average Bonchev–Trinajstić information content (AvgIpc) is 2.48. The number of alkyl halides is 3. The molecular formula is C16H13ClF2N2. The summed E-state index contributed by atoms with van der Waals surface area (Å²) in [4.78, 5) is 0. The molecule has 0 aliphatic carbocycles. The summed E-state index contributed by atoms with van der Waals surface area (Å²) in [7, 11) is 0. The van der Waals surface area contributed by atoms with Gasteiger partial charge in [-0.25, -0.2) is 0 Å². The number of nitrogens with zero attached hydrogens (tertiary/aromatic N) is 2. The molecule has 0 aliphatic heterocycles. The fourth-order valence-electron chi connectivity index (χ4n) is 1.66. The molecule has 0 N–H and O–H groups in total. The first-order chi connectivity index (χ1) is 9.98. The summed E-state index contributed by atoms with van der Waals surface area (Å²) >= 11 is 4.93. The van der Waals surface area contributed by atoms with Gasteiger partial charge in [0.15, 0.2) is 0 Å². The first kappa shape index (κ1) is 15.3. The maximum atomic E-state index is 12.9. The van der Waals surface area contributed by atoms with Crippen LogP contribution in [0.2, 0.25) is 0 Å². The molecule has 0 atom stereocenters. The molecule has 0 radical (unpaired) electrons. The Bertz CT molecular complexity index is 605. The lowest BCUT2D eigenvalue weighted by atomic mass is 10.0. The van der Waals surface area contributed by atoms with Gasteiger partial charge in [0, 0.05) is 11.1 Å². The standard InChI is InChI=1S/C16H13ClF2N2/c1-12(16(17,18)19)20-21-15(13-8-4-2-5-9-13)14-10-6-3-7-11-14/h2-11H,1H3/b20-12+. The minimum absolute atomic E-state index is 0.511. The van der Waals surface area contributed by atoms with E-state index in [9.17, 15) is 8.78 Å². The highest BCUT2D eigenvalue weighted by molar-refractivity contribution is 6.33. The summed E-state index contributed by atoms with van der Waals surface area (Å²) in [6, 6.07) is 18.5. The van der Waals surface area contributed by atoms with E-state index in [1.807, 2.05) is 60.7 Å². The zero-order valence-corrected chi connectivity index (χ0v) is 12.1. The van der Waals surface area contributed by atoms with E-state index in [0.29, 0.717) is 5.71 Å². The molecule has 5 heteroatoms. The Morgan fingerprint density at radius 1 is 0.857 bits per heavy atom. The maximum absolute atomic E-state index is 12.9. The molecule has 0 saturated heterocycles. The Labute approximate surface area is 126 Å². The van der Waals surface area contributed by atoms with Crippen molar-refractivity contribution in [2.24, 2.45) is 10.2 Å². The Kier molecular flexibility index (Phi) is 4.81. The first-order valence-electron chi connectivity index (χ1n) is 6.29. The van der Waals surface area contributed by atoms with Gasteiger partial charge in [-0.05, 0) is 18.5 Å². The highest BCUT2D eigenvalue weighted by Crippen LogP contribution is 2.21. The molecule has 0 saturated carbocycles. The van der Waals surface area contributed by atoms with Crippen LogP contribution in [0.15, 0.2) is 70.9 Å². The lowest BCUT2D eigenvalue weighted by Crippen LogP contribution is -2.17. The van der Waals surface area contributed by atoms with Crippen LogP contribution in [0.5, 0.6) is 0 Å². The Morgan fingerprint density at radius 3 is 1.67 bits per heavy atom. The number of halogens is 3. The second-order valence-electron chi connectivity index (χ2n) is 4.36. The summed E-state index contributed by atoms with van der Waals surface area (Å²) in [5.74, 6) is 0. The van der Waals surface area contributed by atoms with Crippen molar-refractivity contribution in [3.8, 4) is 0 Å². The normalized spacial score (nSPS) is 12.1. The van der Waals surface area contributed by atoms with Gasteiger partial charge in [-0.3, -0.25) is 0 Å². The molecule has 2 nitrogen and oxygen atoms in total. The Hall–Kier alpha value is -2.07. The highest BCUT2D eigenvalue weighted by Gasteiger charge is 2.29. The van der Waals surface area contributed by atoms with Crippen molar-refractivity contribution in [3.63, 3.8) is 0 Å². The molecule has 2 aromatic rings. The zero-order valence-electron chi connectivity index (χ0n) is 11.3. The van der Waals surface area contributed by atoms with E-state index in [1.54, 1.807) is 0 Å². The third-order valence-electron chi connectivity index (χ3n) is 2.80. The third-order valence-corrected chi connectivity index (χ3v) is 3.08. The fraction of sp³-hybridized carbons (Fsp3) is 0.125. The molecule has 108 valence electrons. The molecule has 0 amide bonds. The van der Waals surface area contributed by atoms with Gasteiger partial charge < -0.3 is 0 Å². The van der Waals surface area contributed by atoms with Gasteiger partial charge in [0.1, 0.15) is 11.4 Å². The van der Waals surface area contributed by atoms with E-state index < -0.39 is 11.1 Å². The molecule has 0 bridgehead atoms. The predicted molar refractivity (Wildman–Crippen MR) is 82.4 cm³/mol. The average molecular weight is 307 g/mol. The minimum atomic E-state index is -3.50. The van der Waals surface area contributed by atoms with Crippen LogP contribution < -0.4 is 0 Å². The molecule has 0 unspecified atom stereocenters. The molecule has 2 rings (SSSR count). The van der Waals surface area contributed by atoms with Crippen molar-refractivity contribution >= 4 is 23.0 Å². The van der Waals surface area contributed by atoms with Gasteiger partial charge in [-0.1, -0.05) is 60.7 Å². The quantitative estimate of drug-likeness (QED) is 0.443. The summed E-state index contributed by atoms with van der Waals surface area (Å²) in [6.07, 6.45) is 0. The summed E-state index contributed by atoms with van der Waals surface area (Å²) in [5, 5.41) is 4.04. The van der Waals surface area contributed by atoms with Gasteiger partial charge >= 0.3 is 5.38 Å². The molecular weight excluding hydrogens is 294 g/mol. The Balaban J connectivity index is 2.48. The SMILES string of the molecule is C/C(=N\N=C(c1ccccc1)c1ccccc1)C(F)(F)Cl. The summed E-state index contributed by atoms with van der Waals surface area (Å²) in [5.41, 5.74) is 1.54. The second kappa shape index (κ2) is 6.59. The molecule has 0 heterocycles. The zero-order chi connectivity index (χ0) is 15.3. The lowest BCUT2D eigenvalue weighted by molar-refractivity contribution is 0.174. The largest absolute Gasteiger partial charge is 0.362 e. The number of hydrogen-bond acceptors (Lipinski definition) is 2. The van der Waals surface area contributed by atoms with Crippen LogP contribution in [0.3, 0.4) is 0 Å². The molecule has 0 aromatic heterocycles. The summed E-state index contributed by atoms with van der Waals surface area (Å²) < 4.78 is 25.9. The van der Waals surface area contributed by atoms with Gasteiger partial charge in [-0.15, -0.1) is 5.10 Å². The molecule has 0 fully saturated rings. The topological polar surface area (TPSA) is 24.7 Å². The smallest absolute Gasteiger partial charge is 0.182 e. The predicted octanol–water partition coefficient (Wildman–Crippen LogP) is 4.73. The van der Waals surface area contributed by atoms with Crippen molar-refractivity contribution in [1.82, 2.24) is 0 Å². The monoisotopic (exact) mass is 306 g/mol. The third kappa shape index (κ3) is 4.20. The van der Waals surface area contributed by atoms with Crippen molar-refractivity contribution in [2.45, 2.75) is 12.3 Å². The molecule has 0 spiro atoms. The van der Waals surface area contributed by atoms with Crippen molar-refractivity contribution < 1.29 is 8.78 Å². The first-order valence-corrected chi connectivity index (χ1v) is 6.66. The van der Waals surface area contributed by atoms with E-state index in [1.165, 1.54) is 0 Å². The van der Waals surface area contributed by atoms with E-state index in [0.717, 1.165) is 18.1 Å². The molecule has 2 aromatic carbocycles. The van der Waals surface area contributed by atoms with Crippen LogP contribution in [0.1, 0.15) is 18.1 Å². The number of rotatable bonds is 4. The van der Waals surface area contributed by atoms with Crippen molar-refractivity contribution in [1.29, 1.82) is 0 Å². The number of benzene rings is 2. The van der Waals surface area contributed by atoms with Crippen LogP contribution in [0.4, 0.5) is 8.78 Å². The van der Waals surface area contributed by atoms with Gasteiger partial charge in [0.05, 0.1) is 0 Å². The van der Waals surface area contributed by atoms with E-state index in [4.69, 9.17) is 11.6 Å². The fourth-order valence-corrected chi connectivity index (χ4v) is 1.69. The van der Waals surface area contributed by atoms with Crippen LogP contribution in [-0.2, 0) is 0 Å². The van der Waals surface area contributed by atoms with Crippen LogP contribution in [0, 0.1) is 0 Å². The minimum Gasteiger partial charge on any atom is -0.182 e. The van der Waals surface area contributed by atoms with Crippen molar-refractivity contribution in [3.05, 3.63) is 71.8 Å². The van der Waals surface area contributed by atoms with E-state index in [2.05, 4.69) is 10.2 Å². The van der Waals surface area contributed by atoms with Gasteiger partial charge in [-0.2, -0.15) is 13.9 Å². The molecule has 21 heavy (non-hydrogen) atoms. The van der Waals surface area contributed by atoms with E-state index >= 15 is 0 Å². The van der Waals surface area contributed by atoms with Crippen LogP contribution >= 0.6 is 11.6 Å². The van der Waals surface area contributed by atoms with Gasteiger partial charge in [0.2, 0.25) is 0 Å². The van der Waals surface area contributed by atoms with E-state index in [-0.39, 0.29) is 0 Å². The van der Waals surface area contributed by atoms with Crippen LogP contribution in [0.25, 0.3) is 0 Å². The maximum Gasteiger partial charge on any atom is 0.362 e. The second-order valence-corrected chi connectivity index (χ2v) is 4.84. The van der Waals surface area contributed by atoms with Gasteiger partial charge in [0.25, 0.3) is 0 Å². The lowest BCUT2D eigenvalue weighted by Gasteiger charge is -2.07. The highest BCUT2D eigenvalue weighted by atomic mass is 35.5. The van der Waals surface area contributed by atoms with Crippen molar-refractivity contribution in [2.75, 3.05) is 0 Å².